The van der Waals surface area contributed by atoms with Crippen LogP contribution in [0.2, 0.25) is 0 Å². The van der Waals surface area contributed by atoms with E-state index < -0.39 is 17.9 Å². The third kappa shape index (κ3) is 4.25. The van der Waals surface area contributed by atoms with E-state index in [1.54, 1.807) is 31.2 Å². The van der Waals surface area contributed by atoms with Crippen molar-refractivity contribution in [1.29, 1.82) is 0 Å². The van der Waals surface area contributed by atoms with Crippen LogP contribution >= 0.6 is 0 Å². The van der Waals surface area contributed by atoms with Gasteiger partial charge in [-0.25, -0.2) is 0 Å². The van der Waals surface area contributed by atoms with Crippen LogP contribution in [-0.4, -0.2) is 23.8 Å². The van der Waals surface area contributed by atoms with Crippen LogP contribution in [0.1, 0.15) is 29.3 Å². The molecule has 1 aliphatic heterocycles. The van der Waals surface area contributed by atoms with E-state index in [1.165, 1.54) is 0 Å². The fourth-order valence-electron chi connectivity index (χ4n) is 3.32. The summed E-state index contributed by atoms with van der Waals surface area (Å²) >= 11 is 0. The Morgan fingerprint density at radius 3 is 2.60 bits per heavy atom. The molecule has 3 N–H and O–H groups in total. The lowest BCUT2D eigenvalue weighted by Crippen LogP contribution is -2.47. The predicted molar refractivity (Wildman–Crippen MR) is 113 cm³/mol. The van der Waals surface area contributed by atoms with Gasteiger partial charge in [0.1, 0.15) is 5.75 Å². The lowest BCUT2D eigenvalue weighted by Gasteiger charge is -2.18. The molecule has 0 saturated carbocycles. The summed E-state index contributed by atoms with van der Waals surface area (Å²) < 4.78 is 5.70. The van der Waals surface area contributed by atoms with Crippen LogP contribution in [0.3, 0.4) is 0 Å². The second-order valence-corrected chi connectivity index (χ2v) is 7.13. The van der Waals surface area contributed by atoms with Gasteiger partial charge in [0.2, 0.25) is 5.91 Å². The lowest BCUT2D eigenvalue weighted by atomic mass is 10.0. The van der Waals surface area contributed by atoms with E-state index in [1.807, 2.05) is 36.4 Å². The maximum absolute atomic E-state index is 12.4. The SMILES string of the molecule is CC(Oc1ccc2ccccc2c1)C(=O)NNC(=O)c1ccc2c(c1)CCC(=O)N2. The molecule has 1 atom stereocenters. The molecule has 0 spiro atoms. The highest BCUT2D eigenvalue weighted by atomic mass is 16.5. The van der Waals surface area contributed by atoms with Gasteiger partial charge in [-0.1, -0.05) is 30.3 Å². The Morgan fingerprint density at radius 2 is 1.77 bits per heavy atom. The van der Waals surface area contributed by atoms with E-state index in [0.29, 0.717) is 29.8 Å². The molecule has 1 aliphatic rings. The number of amides is 3. The van der Waals surface area contributed by atoms with Crippen molar-refractivity contribution in [1.82, 2.24) is 10.9 Å². The molecule has 0 saturated heterocycles. The van der Waals surface area contributed by atoms with Gasteiger partial charge in [-0.2, -0.15) is 0 Å². The Kier molecular flexibility index (Phi) is 5.34. The molecule has 7 heteroatoms. The highest BCUT2D eigenvalue weighted by Gasteiger charge is 2.19. The summed E-state index contributed by atoms with van der Waals surface area (Å²) in [6.07, 6.45) is 0.161. The molecule has 7 nitrogen and oxygen atoms in total. The summed E-state index contributed by atoms with van der Waals surface area (Å²) in [4.78, 5) is 36.1. The van der Waals surface area contributed by atoms with Crippen molar-refractivity contribution in [2.24, 2.45) is 0 Å². The van der Waals surface area contributed by atoms with Crippen LogP contribution in [0.5, 0.6) is 5.75 Å². The van der Waals surface area contributed by atoms with Gasteiger partial charge in [0, 0.05) is 17.7 Å². The van der Waals surface area contributed by atoms with E-state index in [9.17, 15) is 14.4 Å². The first-order valence-electron chi connectivity index (χ1n) is 9.68. The Morgan fingerprint density at radius 1 is 0.967 bits per heavy atom. The molecule has 4 rings (SSSR count). The monoisotopic (exact) mass is 403 g/mol. The van der Waals surface area contributed by atoms with Crippen LogP contribution in [-0.2, 0) is 16.0 Å². The first-order chi connectivity index (χ1) is 14.5. The summed E-state index contributed by atoms with van der Waals surface area (Å²) in [6.45, 7) is 1.61. The highest BCUT2D eigenvalue weighted by Crippen LogP contribution is 2.24. The number of benzene rings is 3. The fourth-order valence-corrected chi connectivity index (χ4v) is 3.32. The number of hydrazine groups is 1. The van der Waals surface area contributed by atoms with Crippen LogP contribution in [0.25, 0.3) is 10.8 Å². The minimum Gasteiger partial charge on any atom is -0.481 e. The molecule has 0 aromatic heterocycles. The van der Waals surface area contributed by atoms with Gasteiger partial charge in [0.05, 0.1) is 0 Å². The first-order valence-corrected chi connectivity index (χ1v) is 9.68. The maximum atomic E-state index is 12.4. The van der Waals surface area contributed by atoms with Crippen molar-refractivity contribution in [2.45, 2.75) is 25.9 Å². The van der Waals surface area contributed by atoms with E-state index in [-0.39, 0.29) is 5.91 Å². The van der Waals surface area contributed by atoms with Crippen molar-refractivity contribution >= 4 is 34.2 Å². The molecule has 3 aromatic carbocycles. The number of hydrogen-bond acceptors (Lipinski definition) is 4. The van der Waals surface area contributed by atoms with E-state index >= 15 is 0 Å². The molecule has 1 unspecified atom stereocenters. The standard InChI is InChI=1S/C23H21N3O4/c1-14(30-19-9-6-15-4-2-3-5-16(15)13-19)22(28)25-26-23(29)18-7-10-20-17(12-18)8-11-21(27)24-20/h2-7,9-10,12-14H,8,11H2,1H3,(H,24,27)(H,25,28)(H,26,29). The quantitative estimate of drug-likeness (QED) is 0.584. The van der Waals surface area contributed by atoms with Crippen LogP contribution < -0.4 is 20.9 Å². The first kappa shape index (κ1) is 19.4. The molecule has 30 heavy (non-hydrogen) atoms. The Labute approximate surface area is 173 Å². The minimum absolute atomic E-state index is 0.0348. The summed E-state index contributed by atoms with van der Waals surface area (Å²) in [7, 11) is 0. The smallest absolute Gasteiger partial charge is 0.279 e. The molecular weight excluding hydrogens is 382 g/mol. The van der Waals surface area contributed by atoms with Crippen molar-refractivity contribution in [2.75, 3.05) is 5.32 Å². The number of hydrogen-bond donors (Lipinski definition) is 3. The number of anilines is 1. The predicted octanol–water partition coefficient (Wildman–Crippen LogP) is 2.95. The van der Waals surface area contributed by atoms with Crippen molar-refractivity contribution in [3.8, 4) is 5.75 Å². The molecule has 152 valence electrons. The van der Waals surface area contributed by atoms with Crippen molar-refractivity contribution < 1.29 is 19.1 Å². The van der Waals surface area contributed by atoms with Gasteiger partial charge in [0.15, 0.2) is 6.10 Å². The lowest BCUT2D eigenvalue weighted by molar-refractivity contribution is -0.128. The van der Waals surface area contributed by atoms with E-state index in [4.69, 9.17) is 4.74 Å². The number of fused-ring (bicyclic) bond motifs is 2. The third-order valence-corrected chi connectivity index (χ3v) is 4.97. The molecule has 0 fully saturated rings. The zero-order valence-electron chi connectivity index (χ0n) is 16.4. The normalized spacial score (nSPS) is 13.7. The van der Waals surface area contributed by atoms with E-state index in [2.05, 4.69) is 16.2 Å². The van der Waals surface area contributed by atoms with Crippen molar-refractivity contribution in [3.05, 3.63) is 71.8 Å². The summed E-state index contributed by atoms with van der Waals surface area (Å²) in [5.41, 5.74) is 6.80. The molecule has 3 amide bonds. The zero-order chi connectivity index (χ0) is 21.1. The maximum Gasteiger partial charge on any atom is 0.279 e. The second-order valence-electron chi connectivity index (χ2n) is 7.13. The molecule has 1 heterocycles. The van der Waals surface area contributed by atoms with Crippen molar-refractivity contribution in [3.63, 3.8) is 0 Å². The summed E-state index contributed by atoms with van der Waals surface area (Å²) in [6, 6.07) is 18.5. The topological polar surface area (TPSA) is 96.5 Å². The number of rotatable bonds is 4. The molecule has 0 radical (unpaired) electrons. The molecular formula is C23H21N3O4. The Hall–Kier alpha value is -3.87. The minimum atomic E-state index is -0.801. The largest absolute Gasteiger partial charge is 0.481 e. The Bertz CT molecular complexity index is 1140. The highest BCUT2D eigenvalue weighted by molar-refractivity contribution is 5.98. The van der Waals surface area contributed by atoms with Gasteiger partial charge in [-0.05, 0) is 60.0 Å². The van der Waals surface area contributed by atoms with Gasteiger partial charge >= 0.3 is 0 Å². The number of aryl methyl sites for hydroxylation is 1. The zero-order valence-corrected chi connectivity index (χ0v) is 16.4. The average molecular weight is 403 g/mol. The van der Waals surface area contributed by atoms with Crippen LogP contribution in [0.15, 0.2) is 60.7 Å². The number of carbonyl (C=O) groups excluding carboxylic acids is 3. The molecule has 0 bridgehead atoms. The Balaban J connectivity index is 1.34. The fraction of sp³-hybridized carbons (Fsp3) is 0.174. The number of ether oxygens (including phenoxy) is 1. The molecule has 3 aromatic rings. The average Bonchev–Trinajstić information content (AvgIpc) is 2.76. The van der Waals surface area contributed by atoms with Gasteiger partial charge in [0.25, 0.3) is 11.8 Å². The number of carbonyl (C=O) groups is 3. The third-order valence-electron chi connectivity index (χ3n) is 4.97. The summed E-state index contributed by atoms with van der Waals surface area (Å²) in [5.74, 6) is -0.380. The van der Waals surface area contributed by atoms with E-state index in [0.717, 1.165) is 16.3 Å². The van der Waals surface area contributed by atoms with Gasteiger partial charge in [-0.3, -0.25) is 25.2 Å². The summed E-state index contributed by atoms with van der Waals surface area (Å²) in [5, 5.41) is 4.86. The second kappa shape index (κ2) is 8.24. The van der Waals surface area contributed by atoms with Crippen LogP contribution in [0, 0.1) is 0 Å². The van der Waals surface area contributed by atoms with Crippen LogP contribution in [0.4, 0.5) is 5.69 Å². The van der Waals surface area contributed by atoms with Gasteiger partial charge in [-0.15, -0.1) is 0 Å². The van der Waals surface area contributed by atoms with Gasteiger partial charge < -0.3 is 10.1 Å². The number of nitrogens with one attached hydrogen (secondary N) is 3. The molecule has 0 aliphatic carbocycles.